The highest BCUT2D eigenvalue weighted by molar-refractivity contribution is 5.29. The topological polar surface area (TPSA) is 15.7 Å². The second-order valence-electron chi connectivity index (χ2n) is 7.14. The summed E-state index contributed by atoms with van der Waals surface area (Å²) in [7, 11) is 2.22. The molecule has 2 aromatic rings. The van der Waals surface area contributed by atoms with Gasteiger partial charge in [-0.2, -0.15) is 0 Å². The van der Waals surface area contributed by atoms with Gasteiger partial charge in [-0.1, -0.05) is 31.2 Å². The maximum absolute atomic E-state index is 13.0. The molecule has 0 aliphatic carbocycles. The number of benzene rings is 2. The summed E-state index contributed by atoms with van der Waals surface area (Å²) in [6, 6.07) is 15.4. The average molecular weight is 356 g/mol. The van der Waals surface area contributed by atoms with Crippen LogP contribution in [0.3, 0.4) is 0 Å². The number of piperidine rings is 1. The predicted molar refractivity (Wildman–Crippen MR) is 104 cm³/mol. The maximum atomic E-state index is 13.0. The lowest BCUT2D eigenvalue weighted by atomic mass is 10.0. The molecule has 0 N–H and O–H groups in total. The van der Waals surface area contributed by atoms with Gasteiger partial charge in [-0.05, 0) is 74.9 Å². The van der Waals surface area contributed by atoms with E-state index in [1.165, 1.54) is 43.6 Å². The lowest BCUT2D eigenvalue weighted by Crippen LogP contribution is -2.42. The molecule has 0 bridgehead atoms. The Labute approximate surface area is 156 Å². The molecule has 1 saturated heterocycles. The Kier molecular flexibility index (Phi) is 6.64. The molecule has 0 radical (unpaired) electrons. The van der Waals surface area contributed by atoms with Gasteiger partial charge in [0.25, 0.3) is 0 Å². The highest BCUT2D eigenvalue weighted by atomic mass is 19.1. The van der Waals surface area contributed by atoms with E-state index < -0.39 is 0 Å². The number of hydrogen-bond donors (Lipinski definition) is 0. The number of halogens is 1. The Balaban J connectivity index is 1.52. The number of nitrogens with zero attached hydrogens (tertiary/aromatic N) is 2. The summed E-state index contributed by atoms with van der Waals surface area (Å²) >= 11 is 0. The SMILES string of the molecule is CCN1CCC(N(C)Cc2cccc(OCc3ccc(F)cc3)c2)CC1. The number of rotatable bonds is 7. The van der Waals surface area contributed by atoms with E-state index in [9.17, 15) is 4.39 Å². The van der Waals surface area contributed by atoms with E-state index in [2.05, 4.69) is 35.9 Å². The van der Waals surface area contributed by atoms with Crippen LogP contribution in [0.1, 0.15) is 30.9 Å². The summed E-state index contributed by atoms with van der Waals surface area (Å²) < 4.78 is 18.9. The molecule has 1 aliphatic rings. The van der Waals surface area contributed by atoms with Crippen molar-refractivity contribution in [2.24, 2.45) is 0 Å². The van der Waals surface area contributed by atoms with Crippen LogP contribution in [0.4, 0.5) is 4.39 Å². The quantitative estimate of drug-likeness (QED) is 0.735. The Hall–Kier alpha value is -1.91. The van der Waals surface area contributed by atoms with Gasteiger partial charge in [-0.3, -0.25) is 4.90 Å². The van der Waals surface area contributed by atoms with Gasteiger partial charge in [0.05, 0.1) is 0 Å². The standard InChI is InChI=1S/C22H29FN2O/c1-3-25-13-11-21(12-14-25)24(2)16-19-5-4-6-22(15-19)26-17-18-7-9-20(23)10-8-18/h4-10,15,21H,3,11-14,16-17H2,1-2H3. The summed E-state index contributed by atoms with van der Waals surface area (Å²) in [5, 5.41) is 0. The molecule has 0 atom stereocenters. The van der Waals surface area contributed by atoms with Gasteiger partial charge < -0.3 is 9.64 Å². The molecule has 0 saturated carbocycles. The summed E-state index contributed by atoms with van der Waals surface area (Å²) in [6.07, 6.45) is 2.48. The van der Waals surface area contributed by atoms with Crippen LogP contribution in [0.25, 0.3) is 0 Å². The highest BCUT2D eigenvalue weighted by Crippen LogP contribution is 2.20. The predicted octanol–water partition coefficient (Wildman–Crippen LogP) is 4.32. The molecule has 1 fully saturated rings. The van der Waals surface area contributed by atoms with Gasteiger partial charge in [-0.15, -0.1) is 0 Å². The minimum absolute atomic E-state index is 0.219. The molecule has 0 aromatic heterocycles. The van der Waals surface area contributed by atoms with Gasteiger partial charge in [0.2, 0.25) is 0 Å². The fraction of sp³-hybridized carbons (Fsp3) is 0.455. The van der Waals surface area contributed by atoms with E-state index in [-0.39, 0.29) is 5.82 Å². The zero-order chi connectivity index (χ0) is 18.4. The molecule has 4 heteroatoms. The molecule has 0 unspecified atom stereocenters. The Morgan fingerprint density at radius 1 is 1.08 bits per heavy atom. The molecule has 1 aliphatic heterocycles. The first-order valence-corrected chi connectivity index (χ1v) is 9.53. The van der Waals surface area contributed by atoms with Crippen LogP contribution >= 0.6 is 0 Å². The van der Waals surface area contributed by atoms with Gasteiger partial charge >= 0.3 is 0 Å². The van der Waals surface area contributed by atoms with E-state index >= 15 is 0 Å². The van der Waals surface area contributed by atoms with Crippen molar-refractivity contribution >= 4 is 0 Å². The smallest absolute Gasteiger partial charge is 0.123 e. The van der Waals surface area contributed by atoms with Crippen molar-refractivity contribution in [3.8, 4) is 5.75 Å². The Bertz CT molecular complexity index is 681. The van der Waals surface area contributed by atoms with Gasteiger partial charge in [-0.25, -0.2) is 4.39 Å². The van der Waals surface area contributed by atoms with Crippen LogP contribution in [-0.4, -0.2) is 42.5 Å². The van der Waals surface area contributed by atoms with E-state index in [1.54, 1.807) is 12.1 Å². The number of likely N-dealkylation sites (tertiary alicyclic amines) is 1. The molecule has 1 heterocycles. The van der Waals surface area contributed by atoms with Crippen molar-refractivity contribution in [2.45, 2.75) is 39.0 Å². The average Bonchev–Trinajstić information content (AvgIpc) is 2.68. The van der Waals surface area contributed by atoms with Crippen molar-refractivity contribution in [1.82, 2.24) is 9.80 Å². The Morgan fingerprint density at radius 3 is 2.50 bits per heavy atom. The van der Waals surface area contributed by atoms with Gasteiger partial charge in [0, 0.05) is 12.6 Å². The van der Waals surface area contributed by atoms with Crippen molar-refractivity contribution in [2.75, 3.05) is 26.7 Å². The summed E-state index contributed by atoms with van der Waals surface area (Å²) in [5.74, 6) is 0.643. The van der Waals surface area contributed by atoms with Crippen LogP contribution in [0.15, 0.2) is 48.5 Å². The second kappa shape index (κ2) is 9.15. The van der Waals surface area contributed by atoms with Crippen LogP contribution < -0.4 is 4.74 Å². The van der Waals surface area contributed by atoms with E-state index in [0.717, 1.165) is 24.4 Å². The molecule has 26 heavy (non-hydrogen) atoms. The van der Waals surface area contributed by atoms with Crippen LogP contribution in [0, 0.1) is 5.82 Å². The first kappa shape index (κ1) is 18.9. The molecule has 140 valence electrons. The van der Waals surface area contributed by atoms with Crippen molar-refractivity contribution < 1.29 is 9.13 Å². The summed E-state index contributed by atoms with van der Waals surface area (Å²) in [6.45, 7) is 7.18. The summed E-state index contributed by atoms with van der Waals surface area (Å²) in [5.41, 5.74) is 2.23. The molecule has 0 amide bonds. The third-order valence-electron chi connectivity index (χ3n) is 5.28. The largest absolute Gasteiger partial charge is 0.489 e. The zero-order valence-electron chi connectivity index (χ0n) is 15.8. The normalized spacial score (nSPS) is 16.2. The lowest BCUT2D eigenvalue weighted by Gasteiger charge is -2.36. The lowest BCUT2D eigenvalue weighted by molar-refractivity contribution is 0.127. The van der Waals surface area contributed by atoms with Gasteiger partial charge in [0.15, 0.2) is 0 Å². The maximum Gasteiger partial charge on any atom is 0.123 e. The first-order chi connectivity index (χ1) is 12.6. The van der Waals surface area contributed by atoms with E-state index in [4.69, 9.17) is 4.74 Å². The molecule has 2 aromatic carbocycles. The zero-order valence-corrected chi connectivity index (χ0v) is 15.8. The molecular weight excluding hydrogens is 327 g/mol. The first-order valence-electron chi connectivity index (χ1n) is 9.53. The molecular formula is C22H29FN2O. The van der Waals surface area contributed by atoms with Crippen LogP contribution in [0.2, 0.25) is 0 Å². The minimum Gasteiger partial charge on any atom is -0.489 e. The minimum atomic E-state index is -0.219. The fourth-order valence-corrected chi connectivity index (χ4v) is 3.57. The molecule has 3 rings (SSSR count). The summed E-state index contributed by atoms with van der Waals surface area (Å²) in [4.78, 5) is 4.99. The van der Waals surface area contributed by atoms with Crippen LogP contribution in [-0.2, 0) is 13.2 Å². The van der Waals surface area contributed by atoms with Crippen molar-refractivity contribution in [3.05, 3.63) is 65.5 Å². The third-order valence-corrected chi connectivity index (χ3v) is 5.28. The highest BCUT2D eigenvalue weighted by Gasteiger charge is 2.21. The van der Waals surface area contributed by atoms with Crippen molar-refractivity contribution in [1.29, 1.82) is 0 Å². The number of hydrogen-bond acceptors (Lipinski definition) is 3. The van der Waals surface area contributed by atoms with E-state index in [0.29, 0.717) is 12.6 Å². The van der Waals surface area contributed by atoms with Gasteiger partial charge in [0.1, 0.15) is 18.2 Å². The monoisotopic (exact) mass is 356 g/mol. The fourth-order valence-electron chi connectivity index (χ4n) is 3.57. The van der Waals surface area contributed by atoms with E-state index in [1.807, 2.05) is 12.1 Å². The van der Waals surface area contributed by atoms with Crippen molar-refractivity contribution in [3.63, 3.8) is 0 Å². The number of ether oxygens (including phenoxy) is 1. The Morgan fingerprint density at radius 2 is 1.81 bits per heavy atom. The molecule has 0 spiro atoms. The van der Waals surface area contributed by atoms with Crippen LogP contribution in [0.5, 0.6) is 5.75 Å². The third kappa shape index (κ3) is 5.29. The molecule has 3 nitrogen and oxygen atoms in total. The second-order valence-corrected chi connectivity index (χ2v) is 7.14.